The van der Waals surface area contributed by atoms with Crippen LogP contribution in [0.15, 0.2) is 59.5 Å². The van der Waals surface area contributed by atoms with Crippen LogP contribution in [0.25, 0.3) is 0 Å². The van der Waals surface area contributed by atoms with Gasteiger partial charge in [0.2, 0.25) is 0 Å². The molecule has 33 heavy (non-hydrogen) atoms. The molecule has 0 spiro atoms. The maximum atomic E-state index is 12.9. The molecule has 2 aromatic carbocycles. The van der Waals surface area contributed by atoms with Crippen LogP contribution >= 0.6 is 0 Å². The molecule has 3 rings (SSSR count). The van der Waals surface area contributed by atoms with E-state index in [1.54, 1.807) is 18.2 Å². The second kappa shape index (κ2) is 19.2. The number of hydrogen-bond donors (Lipinski definition) is 1. The zero-order chi connectivity index (χ0) is 25.9. The smallest absolute Gasteiger partial charge is 0.307 e. The van der Waals surface area contributed by atoms with Crippen molar-refractivity contribution in [3.63, 3.8) is 0 Å². The Bertz CT molecular complexity index is 843. The summed E-state index contributed by atoms with van der Waals surface area (Å²) in [5.41, 5.74) is 1.62. The number of aliphatic carboxylic acids is 1. The van der Waals surface area contributed by atoms with Crippen LogP contribution in [0.4, 0.5) is 5.69 Å². The van der Waals surface area contributed by atoms with E-state index in [0.717, 1.165) is 5.69 Å². The lowest BCUT2D eigenvalue weighted by Gasteiger charge is -2.33. The van der Waals surface area contributed by atoms with Gasteiger partial charge < -0.3 is 10.0 Å². The van der Waals surface area contributed by atoms with Crippen molar-refractivity contribution in [3.05, 3.63) is 60.2 Å². The third-order valence-electron chi connectivity index (χ3n) is 4.58. The topological polar surface area (TPSA) is 74.7 Å². The molecule has 1 N–H and O–H groups in total. The molecule has 0 atom stereocenters. The molecule has 0 unspecified atom stereocenters. The largest absolute Gasteiger partial charge is 0.481 e. The number of benzene rings is 2. The molecule has 0 radical (unpaired) electrons. The molecular formula is C27H45NO4S. The quantitative estimate of drug-likeness (QED) is 0.507. The Kier molecular flexibility index (Phi) is 19.1. The van der Waals surface area contributed by atoms with E-state index in [1.165, 1.54) is 6.07 Å². The predicted molar refractivity (Wildman–Crippen MR) is 142 cm³/mol. The summed E-state index contributed by atoms with van der Waals surface area (Å²) in [6.45, 7) is 17.4. The monoisotopic (exact) mass is 479 g/mol. The predicted octanol–water partition coefficient (Wildman–Crippen LogP) is 6.86. The van der Waals surface area contributed by atoms with E-state index in [1.807, 2.05) is 85.7 Å². The zero-order valence-corrected chi connectivity index (χ0v) is 22.7. The van der Waals surface area contributed by atoms with Crippen molar-refractivity contribution < 1.29 is 18.3 Å². The van der Waals surface area contributed by atoms with Crippen LogP contribution < -0.4 is 4.90 Å². The summed E-state index contributed by atoms with van der Waals surface area (Å²) in [6, 6.07) is 16.3. The lowest BCUT2D eigenvalue weighted by Crippen LogP contribution is -2.39. The van der Waals surface area contributed by atoms with E-state index in [4.69, 9.17) is 5.11 Å². The lowest BCUT2D eigenvalue weighted by atomic mass is 10.1. The summed E-state index contributed by atoms with van der Waals surface area (Å²) in [5.74, 6) is -0.967. The lowest BCUT2D eigenvalue weighted by molar-refractivity contribution is -0.136. The number of piperidine rings is 1. The van der Waals surface area contributed by atoms with Crippen LogP contribution in [0.5, 0.6) is 0 Å². The SMILES string of the molecule is CC.CC.CC.CC.O=C(O)Cc1cccc(S(=O)(=O)C2CCN(c3ccccc3)CC2)c1. The molecule has 1 fully saturated rings. The van der Waals surface area contributed by atoms with Gasteiger partial charge in [-0.25, -0.2) is 8.42 Å². The van der Waals surface area contributed by atoms with Gasteiger partial charge in [-0.15, -0.1) is 0 Å². The molecule has 1 saturated heterocycles. The minimum Gasteiger partial charge on any atom is -0.481 e. The zero-order valence-electron chi connectivity index (χ0n) is 21.8. The first kappa shape index (κ1) is 32.8. The maximum Gasteiger partial charge on any atom is 0.307 e. The molecule has 6 heteroatoms. The van der Waals surface area contributed by atoms with Gasteiger partial charge in [0, 0.05) is 18.8 Å². The summed E-state index contributed by atoms with van der Waals surface area (Å²) in [6.07, 6.45) is 0.969. The molecule has 2 aromatic rings. The average Bonchev–Trinajstić information content (AvgIpc) is 2.89. The van der Waals surface area contributed by atoms with Crippen LogP contribution in [-0.4, -0.2) is 37.8 Å². The van der Waals surface area contributed by atoms with Gasteiger partial charge in [0.1, 0.15) is 0 Å². The number of carboxylic acid groups (broad SMARTS) is 1. The summed E-state index contributed by atoms with van der Waals surface area (Å²) in [4.78, 5) is 13.3. The Balaban J connectivity index is 0. The van der Waals surface area contributed by atoms with Crippen molar-refractivity contribution >= 4 is 21.5 Å². The highest BCUT2D eigenvalue weighted by molar-refractivity contribution is 7.92. The highest BCUT2D eigenvalue weighted by atomic mass is 32.2. The van der Waals surface area contributed by atoms with Gasteiger partial charge in [0.05, 0.1) is 16.6 Å². The van der Waals surface area contributed by atoms with Gasteiger partial charge >= 0.3 is 5.97 Å². The first-order valence-electron chi connectivity index (χ1n) is 12.3. The molecule has 0 amide bonds. The first-order chi connectivity index (χ1) is 16.0. The van der Waals surface area contributed by atoms with Crippen LogP contribution in [-0.2, 0) is 21.1 Å². The van der Waals surface area contributed by atoms with Crippen LogP contribution in [0.3, 0.4) is 0 Å². The highest BCUT2D eigenvalue weighted by Crippen LogP contribution is 2.27. The van der Waals surface area contributed by atoms with Gasteiger partial charge in [-0.05, 0) is 42.7 Å². The normalized spacial score (nSPS) is 12.8. The second-order valence-electron chi connectivity index (χ2n) is 6.28. The first-order valence-corrected chi connectivity index (χ1v) is 13.9. The fraction of sp³-hybridized carbons (Fsp3) is 0.519. The fourth-order valence-electron chi connectivity index (χ4n) is 3.26. The molecule has 0 bridgehead atoms. The van der Waals surface area contributed by atoms with Crippen molar-refractivity contribution in [3.8, 4) is 0 Å². The number of nitrogens with zero attached hydrogens (tertiary/aromatic N) is 1. The Morgan fingerprint density at radius 3 is 1.85 bits per heavy atom. The summed E-state index contributed by atoms with van der Waals surface area (Å²) in [5, 5.41) is 8.47. The number of hydrogen-bond acceptors (Lipinski definition) is 4. The fourth-order valence-corrected chi connectivity index (χ4v) is 5.06. The third kappa shape index (κ3) is 10.9. The molecule has 188 valence electrons. The number of anilines is 1. The van der Waals surface area contributed by atoms with Gasteiger partial charge in [-0.3, -0.25) is 4.79 Å². The Hall–Kier alpha value is -2.34. The molecule has 1 aliphatic heterocycles. The van der Waals surface area contributed by atoms with Crippen LogP contribution in [0.1, 0.15) is 73.8 Å². The molecule has 5 nitrogen and oxygen atoms in total. The Morgan fingerprint density at radius 2 is 1.36 bits per heavy atom. The van der Waals surface area contributed by atoms with E-state index in [-0.39, 0.29) is 11.3 Å². The summed E-state index contributed by atoms with van der Waals surface area (Å²) >= 11 is 0. The minimum absolute atomic E-state index is 0.171. The number of para-hydroxylation sites is 1. The van der Waals surface area contributed by atoms with Crippen molar-refractivity contribution in [2.24, 2.45) is 0 Å². The number of carbonyl (C=O) groups is 1. The van der Waals surface area contributed by atoms with E-state index in [9.17, 15) is 13.2 Å². The summed E-state index contributed by atoms with van der Waals surface area (Å²) in [7, 11) is -3.45. The molecule has 0 saturated carbocycles. The number of rotatable bonds is 5. The second-order valence-corrected chi connectivity index (χ2v) is 8.51. The summed E-state index contributed by atoms with van der Waals surface area (Å²) < 4.78 is 25.8. The number of sulfone groups is 1. The third-order valence-corrected chi connectivity index (χ3v) is 6.84. The Morgan fingerprint density at radius 1 is 0.848 bits per heavy atom. The van der Waals surface area contributed by atoms with Crippen molar-refractivity contribution in [2.45, 2.75) is 84.8 Å². The maximum absolute atomic E-state index is 12.9. The molecular weight excluding hydrogens is 434 g/mol. The van der Waals surface area contributed by atoms with E-state index in [2.05, 4.69) is 4.90 Å². The average molecular weight is 480 g/mol. The van der Waals surface area contributed by atoms with E-state index < -0.39 is 21.1 Å². The van der Waals surface area contributed by atoms with E-state index in [0.29, 0.717) is 31.5 Å². The van der Waals surface area contributed by atoms with Crippen LogP contribution in [0.2, 0.25) is 0 Å². The van der Waals surface area contributed by atoms with Crippen LogP contribution in [0, 0.1) is 0 Å². The number of carboxylic acids is 1. The van der Waals surface area contributed by atoms with Gasteiger partial charge in [-0.1, -0.05) is 85.7 Å². The minimum atomic E-state index is -3.45. The standard InChI is InChI=1S/C19H21NO4S.4C2H6/c21-19(22)14-15-5-4-8-18(13-15)25(23,24)17-9-11-20(12-10-17)16-6-2-1-3-7-16;4*1-2/h1-8,13,17H,9-12,14H2,(H,21,22);4*1-2H3. The highest BCUT2D eigenvalue weighted by Gasteiger charge is 2.31. The van der Waals surface area contributed by atoms with E-state index >= 15 is 0 Å². The van der Waals surface area contributed by atoms with Gasteiger partial charge in [0.25, 0.3) is 0 Å². The molecule has 0 aliphatic carbocycles. The molecule has 1 heterocycles. The van der Waals surface area contributed by atoms with Gasteiger partial charge in [-0.2, -0.15) is 0 Å². The van der Waals surface area contributed by atoms with Crippen molar-refractivity contribution in [1.82, 2.24) is 0 Å². The molecule has 0 aromatic heterocycles. The van der Waals surface area contributed by atoms with Crippen molar-refractivity contribution in [1.29, 1.82) is 0 Å². The van der Waals surface area contributed by atoms with Crippen molar-refractivity contribution in [2.75, 3.05) is 18.0 Å². The van der Waals surface area contributed by atoms with Gasteiger partial charge in [0.15, 0.2) is 9.84 Å². The Labute approximate surface area is 202 Å². The molecule has 1 aliphatic rings.